The Balaban J connectivity index is 1.59. The predicted octanol–water partition coefficient (Wildman–Crippen LogP) is 3.17. The molecule has 1 unspecified atom stereocenters. The molecule has 1 N–H and O–H groups in total. The minimum Gasteiger partial charge on any atom is -0.465 e. The summed E-state index contributed by atoms with van der Waals surface area (Å²) in [6.45, 7) is 5.25. The molecule has 7 nitrogen and oxygen atoms in total. The van der Waals surface area contributed by atoms with Crippen molar-refractivity contribution in [3.63, 3.8) is 0 Å². The first-order valence-corrected chi connectivity index (χ1v) is 13.8. The van der Waals surface area contributed by atoms with Crippen LogP contribution in [0.15, 0.2) is 42.5 Å². The van der Waals surface area contributed by atoms with E-state index in [0.29, 0.717) is 39.0 Å². The molecule has 1 aromatic carbocycles. The lowest BCUT2D eigenvalue weighted by molar-refractivity contribution is -0.153. The van der Waals surface area contributed by atoms with Crippen LogP contribution in [0.5, 0.6) is 0 Å². The number of cyclic esters (lactones) is 1. The van der Waals surface area contributed by atoms with E-state index in [0.717, 1.165) is 23.2 Å². The molecular formula is C28H34N2O5S. The second kappa shape index (κ2) is 10.1. The van der Waals surface area contributed by atoms with Crippen molar-refractivity contribution in [2.45, 2.75) is 55.6 Å². The first-order valence-electron chi connectivity index (χ1n) is 12.9. The Bertz CT molecular complexity index is 1100. The molecule has 1 aromatic rings. The van der Waals surface area contributed by atoms with E-state index < -0.39 is 22.6 Å². The maximum Gasteiger partial charge on any atom is 0.311 e. The Morgan fingerprint density at radius 1 is 1.08 bits per heavy atom. The number of amides is 2. The molecular weight excluding hydrogens is 476 g/mol. The molecule has 2 fully saturated rings. The van der Waals surface area contributed by atoms with Gasteiger partial charge in [0.2, 0.25) is 5.91 Å². The Labute approximate surface area is 216 Å². The van der Waals surface area contributed by atoms with Gasteiger partial charge in [0.25, 0.3) is 5.91 Å². The van der Waals surface area contributed by atoms with Crippen molar-refractivity contribution in [3.05, 3.63) is 53.6 Å². The Morgan fingerprint density at radius 2 is 1.86 bits per heavy atom. The molecule has 0 radical (unpaired) electrons. The number of benzene rings is 1. The fraction of sp³-hybridized carbons (Fsp3) is 0.536. The number of esters is 1. The number of ether oxygens (including phenoxy) is 1. The van der Waals surface area contributed by atoms with Crippen LogP contribution in [0.4, 0.5) is 5.69 Å². The molecule has 1 spiro atoms. The van der Waals surface area contributed by atoms with Gasteiger partial charge in [-0.25, -0.2) is 0 Å². The minimum atomic E-state index is -0.834. The maximum absolute atomic E-state index is 14.4. The molecule has 8 heteroatoms. The van der Waals surface area contributed by atoms with E-state index in [4.69, 9.17) is 4.74 Å². The number of rotatable bonds is 6. The van der Waals surface area contributed by atoms with Crippen molar-refractivity contribution < 1.29 is 24.2 Å². The van der Waals surface area contributed by atoms with Gasteiger partial charge in [-0.1, -0.05) is 42.5 Å². The fourth-order valence-electron chi connectivity index (χ4n) is 6.35. The highest BCUT2D eigenvalue weighted by Gasteiger charge is 2.71. The van der Waals surface area contributed by atoms with Crippen molar-refractivity contribution >= 4 is 35.2 Å². The Hall–Kier alpha value is -2.58. The lowest BCUT2D eigenvalue weighted by Gasteiger charge is -2.36. The fourth-order valence-corrected chi connectivity index (χ4v) is 8.35. The predicted molar refractivity (Wildman–Crippen MR) is 140 cm³/mol. The third-order valence-electron chi connectivity index (χ3n) is 7.89. The number of hydrogen-bond acceptors (Lipinski definition) is 6. The average molecular weight is 511 g/mol. The van der Waals surface area contributed by atoms with Crippen molar-refractivity contribution in [2.24, 2.45) is 11.8 Å². The minimum absolute atomic E-state index is 0.101. The molecule has 2 saturated heterocycles. The molecule has 4 aliphatic heterocycles. The molecule has 5 rings (SSSR count). The molecule has 2 amide bonds. The van der Waals surface area contributed by atoms with Crippen LogP contribution in [0.2, 0.25) is 0 Å². The summed E-state index contributed by atoms with van der Waals surface area (Å²) in [5.41, 5.74) is 2.90. The number of hydrogen-bond donors (Lipinski definition) is 1. The van der Waals surface area contributed by atoms with E-state index in [1.165, 1.54) is 0 Å². The van der Waals surface area contributed by atoms with Gasteiger partial charge in [0, 0.05) is 30.6 Å². The quantitative estimate of drug-likeness (QED) is 0.359. The topological polar surface area (TPSA) is 87.2 Å². The molecule has 36 heavy (non-hydrogen) atoms. The number of fused-ring (bicyclic) bond motifs is 2. The highest BCUT2D eigenvalue weighted by Crippen LogP contribution is 2.61. The SMILES string of the molecule is Cc1cccc(C)c1N1CC=C[C@]23S[C@H]4C=CCCOC(=O)[C@H]4[C@H]2C(=O)N(CCCCCO)C3C1=O. The van der Waals surface area contributed by atoms with Crippen molar-refractivity contribution in [1.82, 2.24) is 4.90 Å². The number of aliphatic hydroxyl groups excluding tert-OH is 1. The average Bonchev–Trinajstić information content (AvgIpc) is 3.21. The first kappa shape index (κ1) is 25.1. The number of carbonyl (C=O) groups excluding carboxylic acids is 3. The van der Waals surface area contributed by atoms with Crippen LogP contribution in [-0.4, -0.2) is 70.1 Å². The van der Waals surface area contributed by atoms with Gasteiger partial charge >= 0.3 is 5.97 Å². The highest BCUT2D eigenvalue weighted by molar-refractivity contribution is 8.02. The summed E-state index contributed by atoms with van der Waals surface area (Å²) in [6, 6.07) is 5.28. The van der Waals surface area contributed by atoms with Crippen LogP contribution in [0, 0.1) is 25.7 Å². The number of carbonyl (C=O) groups is 3. The van der Waals surface area contributed by atoms with E-state index in [2.05, 4.69) is 0 Å². The normalized spacial score (nSPS) is 31.5. The van der Waals surface area contributed by atoms with Gasteiger partial charge in [-0.3, -0.25) is 14.4 Å². The molecule has 5 atom stereocenters. The zero-order valence-corrected chi connectivity index (χ0v) is 21.7. The third kappa shape index (κ3) is 3.98. The van der Waals surface area contributed by atoms with E-state index in [1.54, 1.807) is 16.7 Å². The number of nitrogens with zero attached hydrogens (tertiary/aromatic N) is 2. The number of likely N-dealkylation sites (tertiary alicyclic amines) is 1. The van der Waals surface area contributed by atoms with Crippen molar-refractivity contribution in [3.8, 4) is 0 Å². The lowest BCUT2D eigenvalue weighted by Crippen LogP contribution is -2.53. The van der Waals surface area contributed by atoms with Gasteiger partial charge in [0.15, 0.2) is 0 Å². The van der Waals surface area contributed by atoms with Crippen molar-refractivity contribution in [1.29, 1.82) is 0 Å². The zero-order chi connectivity index (χ0) is 25.4. The van der Waals surface area contributed by atoms with Gasteiger partial charge in [0.1, 0.15) is 6.04 Å². The summed E-state index contributed by atoms with van der Waals surface area (Å²) in [4.78, 5) is 45.2. The van der Waals surface area contributed by atoms with E-state index >= 15 is 0 Å². The summed E-state index contributed by atoms with van der Waals surface area (Å²) in [7, 11) is 0. The number of thioether (sulfide) groups is 1. The van der Waals surface area contributed by atoms with Gasteiger partial charge in [0.05, 0.1) is 23.2 Å². The summed E-state index contributed by atoms with van der Waals surface area (Å²) in [5, 5.41) is 9.00. The molecule has 192 valence electrons. The van der Waals surface area contributed by atoms with Crippen LogP contribution in [-0.2, 0) is 19.1 Å². The highest BCUT2D eigenvalue weighted by atomic mass is 32.2. The standard InChI is InChI=1S/C28H34N2O5S/c1-18-10-8-11-19(2)23(18)29-15-9-13-28-22(21-20(36-28)12-4-7-17-35-27(21)34)25(32)30(24(28)26(29)33)14-5-3-6-16-31/h4,8-13,20-22,24,31H,3,5-7,14-17H2,1-2H3/t20-,21+,22-,24?,28-/m0/s1. The molecule has 0 saturated carbocycles. The summed E-state index contributed by atoms with van der Waals surface area (Å²) < 4.78 is 4.70. The summed E-state index contributed by atoms with van der Waals surface area (Å²) in [5.74, 6) is -1.85. The van der Waals surface area contributed by atoms with Crippen LogP contribution >= 0.6 is 11.8 Å². The maximum atomic E-state index is 14.4. The number of para-hydroxylation sites is 1. The van der Waals surface area contributed by atoms with Crippen LogP contribution < -0.4 is 4.90 Å². The number of aryl methyl sites for hydroxylation is 2. The molecule has 0 bridgehead atoms. The molecule has 0 aromatic heterocycles. The zero-order valence-electron chi connectivity index (χ0n) is 20.9. The van der Waals surface area contributed by atoms with E-state index in [-0.39, 0.29) is 29.6 Å². The van der Waals surface area contributed by atoms with Crippen LogP contribution in [0.25, 0.3) is 0 Å². The van der Waals surface area contributed by atoms with Gasteiger partial charge < -0.3 is 19.6 Å². The lowest BCUT2D eigenvalue weighted by atomic mass is 9.78. The van der Waals surface area contributed by atoms with Gasteiger partial charge in [-0.2, -0.15) is 0 Å². The second-order valence-corrected chi connectivity index (χ2v) is 11.6. The summed E-state index contributed by atoms with van der Waals surface area (Å²) >= 11 is 1.57. The monoisotopic (exact) mass is 510 g/mol. The van der Waals surface area contributed by atoms with Gasteiger partial charge in [-0.15, -0.1) is 11.8 Å². The van der Waals surface area contributed by atoms with Crippen LogP contribution in [0.3, 0.4) is 0 Å². The van der Waals surface area contributed by atoms with Crippen LogP contribution in [0.1, 0.15) is 36.8 Å². The smallest absolute Gasteiger partial charge is 0.311 e. The first-order chi connectivity index (χ1) is 17.4. The third-order valence-corrected chi connectivity index (χ3v) is 9.63. The number of aliphatic hydroxyl groups is 1. The van der Waals surface area contributed by atoms with Crippen molar-refractivity contribution in [2.75, 3.05) is 31.2 Å². The number of unbranched alkanes of at least 4 members (excludes halogenated alkanes) is 2. The van der Waals surface area contributed by atoms with E-state index in [9.17, 15) is 19.5 Å². The summed E-state index contributed by atoms with van der Waals surface area (Å²) in [6.07, 6.45) is 10.8. The molecule has 0 aliphatic carbocycles. The molecule has 4 heterocycles. The van der Waals surface area contributed by atoms with E-state index in [1.807, 2.05) is 61.3 Å². The largest absolute Gasteiger partial charge is 0.465 e. The van der Waals surface area contributed by atoms with Gasteiger partial charge in [-0.05, 0) is 50.7 Å². The Kier molecular flexibility index (Phi) is 7.01. The Morgan fingerprint density at radius 3 is 2.61 bits per heavy atom. The number of anilines is 1. The second-order valence-electron chi connectivity index (χ2n) is 10.1. The molecule has 4 aliphatic rings.